The lowest BCUT2D eigenvalue weighted by molar-refractivity contribution is -0.116. The van der Waals surface area contributed by atoms with Crippen LogP contribution in [0.5, 0.6) is 0 Å². The largest absolute Gasteiger partial charge is 0.384 e. The number of fused-ring (bicyclic) bond motifs is 1. The lowest BCUT2D eigenvalue weighted by Gasteiger charge is -2.25. The Labute approximate surface area is 219 Å². The summed E-state index contributed by atoms with van der Waals surface area (Å²) in [4.78, 5) is 27.1. The monoisotopic (exact) mass is 526 g/mol. The third-order valence-corrected chi connectivity index (χ3v) is 7.33. The number of halogens is 2. The molecule has 188 valence electrons. The number of amides is 1. The van der Waals surface area contributed by atoms with Crippen molar-refractivity contribution in [1.82, 2.24) is 9.88 Å². The number of benzene rings is 3. The van der Waals surface area contributed by atoms with Crippen LogP contribution in [0.25, 0.3) is 17.5 Å². The van der Waals surface area contributed by atoms with Gasteiger partial charge in [0.1, 0.15) is 22.1 Å². The molecule has 6 nitrogen and oxygen atoms in total. The number of nitrogens with zero attached hydrogens (tertiary/aromatic N) is 2. The number of carbonyl (C=O) groups is 1. The summed E-state index contributed by atoms with van der Waals surface area (Å²) >= 11 is 0.928. The van der Waals surface area contributed by atoms with Crippen LogP contribution in [-0.4, -0.2) is 10.5 Å². The summed E-state index contributed by atoms with van der Waals surface area (Å²) in [7, 11) is 0. The Bertz CT molecular complexity index is 1820. The van der Waals surface area contributed by atoms with Crippen molar-refractivity contribution in [2.45, 2.75) is 12.5 Å². The lowest BCUT2D eigenvalue weighted by atomic mass is 9.83. The van der Waals surface area contributed by atoms with E-state index >= 15 is 4.39 Å². The fourth-order valence-corrected chi connectivity index (χ4v) is 5.56. The second-order valence-corrected chi connectivity index (χ2v) is 9.56. The molecule has 4 aromatic rings. The molecule has 1 amide bonds. The standard InChI is InChI=1S/C29H20F2N4O2S/c30-21-12-6-4-10-18(21)14-23-28(37)35-26(33)20(15-32)24(19-11-5-7-13-22(19)31)25(29(35)38-23)27(36)34-16-17-8-2-1-3-9-17/h1-14,24H,16,33H2,(H,34,36)/b23-14-. The van der Waals surface area contributed by atoms with E-state index in [4.69, 9.17) is 5.73 Å². The minimum Gasteiger partial charge on any atom is -0.384 e. The zero-order valence-electron chi connectivity index (χ0n) is 19.8. The Hall–Kier alpha value is -4.81. The van der Waals surface area contributed by atoms with E-state index in [2.05, 4.69) is 5.32 Å². The van der Waals surface area contributed by atoms with Crippen molar-refractivity contribution in [2.24, 2.45) is 5.73 Å². The van der Waals surface area contributed by atoms with Gasteiger partial charge in [0, 0.05) is 17.7 Å². The van der Waals surface area contributed by atoms with E-state index in [0.717, 1.165) is 21.5 Å². The third-order valence-electron chi connectivity index (χ3n) is 6.22. The maximum absolute atomic E-state index is 15.1. The minimum atomic E-state index is -1.16. The molecular formula is C29H20F2N4O2S. The molecule has 1 atom stereocenters. The van der Waals surface area contributed by atoms with Gasteiger partial charge in [-0.2, -0.15) is 5.26 Å². The number of allylic oxidation sites excluding steroid dienone is 1. The molecule has 1 unspecified atom stereocenters. The van der Waals surface area contributed by atoms with Gasteiger partial charge in [-0.25, -0.2) is 8.78 Å². The molecule has 0 bridgehead atoms. The number of thiazole rings is 1. The Kier molecular flexibility index (Phi) is 6.73. The number of nitrogens with two attached hydrogens (primary N) is 1. The Morgan fingerprint density at radius 3 is 2.37 bits per heavy atom. The highest BCUT2D eigenvalue weighted by atomic mass is 32.1. The summed E-state index contributed by atoms with van der Waals surface area (Å²) in [5, 5.41) is 12.9. The summed E-state index contributed by atoms with van der Waals surface area (Å²) in [6.07, 6.45) is 1.37. The van der Waals surface area contributed by atoms with Crippen LogP contribution in [-0.2, 0) is 11.3 Å². The van der Waals surface area contributed by atoms with E-state index in [1.807, 2.05) is 36.4 Å². The quantitative estimate of drug-likeness (QED) is 0.418. The van der Waals surface area contributed by atoms with Crippen molar-refractivity contribution in [3.05, 3.63) is 132 Å². The van der Waals surface area contributed by atoms with Gasteiger partial charge in [-0.05, 0) is 23.8 Å². The van der Waals surface area contributed by atoms with Crippen LogP contribution in [0.4, 0.5) is 8.78 Å². The van der Waals surface area contributed by atoms with Crippen molar-refractivity contribution < 1.29 is 13.6 Å². The van der Waals surface area contributed by atoms with E-state index in [1.165, 1.54) is 42.5 Å². The van der Waals surface area contributed by atoms with Crippen molar-refractivity contribution in [2.75, 3.05) is 0 Å². The SMILES string of the molecule is N#CC1=C(N)n2c(s/c(=C\c3ccccc3F)c2=O)=C(C(=O)NCc2ccccc2)C1c1ccccc1F. The molecule has 0 saturated heterocycles. The maximum Gasteiger partial charge on any atom is 0.274 e. The highest BCUT2D eigenvalue weighted by Gasteiger charge is 2.36. The summed E-state index contributed by atoms with van der Waals surface area (Å²) in [5.74, 6) is -3.11. The number of rotatable bonds is 5. The van der Waals surface area contributed by atoms with Crippen LogP contribution >= 0.6 is 11.3 Å². The van der Waals surface area contributed by atoms with E-state index in [-0.39, 0.29) is 43.8 Å². The number of nitrogens with one attached hydrogen (secondary N) is 1. The van der Waals surface area contributed by atoms with Crippen LogP contribution in [0.15, 0.2) is 89.2 Å². The molecule has 3 aromatic carbocycles. The molecule has 38 heavy (non-hydrogen) atoms. The predicted octanol–water partition coefficient (Wildman–Crippen LogP) is 2.93. The Balaban J connectivity index is 1.78. The van der Waals surface area contributed by atoms with E-state index in [9.17, 15) is 19.2 Å². The summed E-state index contributed by atoms with van der Waals surface area (Å²) < 4.78 is 30.7. The van der Waals surface area contributed by atoms with Gasteiger partial charge in [0.05, 0.1) is 27.7 Å². The normalized spacial score (nSPS) is 15.2. The highest BCUT2D eigenvalue weighted by Crippen LogP contribution is 2.37. The smallest absolute Gasteiger partial charge is 0.274 e. The van der Waals surface area contributed by atoms with E-state index < -0.39 is 29.0 Å². The number of carbonyl (C=O) groups excluding carboxylic acids is 1. The fourth-order valence-electron chi connectivity index (χ4n) is 4.39. The molecule has 3 N–H and O–H groups in total. The minimum absolute atomic E-state index is 0.00654. The molecule has 0 saturated carbocycles. The molecule has 0 fully saturated rings. The third kappa shape index (κ3) is 4.42. The first-order chi connectivity index (χ1) is 18.4. The summed E-state index contributed by atoms with van der Waals surface area (Å²) in [6, 6.07) is 22.9. The molecule has 0 spiro atoms. The van der Waals surface area contributed by atoms with Gasteiger partial charge >= 0.3 is 0 Å². The molecule has 5 rings (SSSR count). The number of aromatic nitrogens is 1. The van der Waals surface area contributed by atoms with Crippen LogP contribution in [0.1, 0.15) is 22.6 Å². The van der Waals surface area contributed by atoms with Gasteiger partial charge in [0.2, 0.25) is 0 Å². The summed E-state index contributed by atoms with van der Waals surface area (Å²) in [6.45, 7) is 0.165. The molecule has 2 heterocycles. The Morgan fingerprint density at radius 2 is 1.68 bits per heavy atom. The van der Waals surface area contributed by atoms with Gasteiger partial charge in [0.25, 0.3) is 11.5 Å². The lowest BCUT2D eigenvalue weighted by Crippen LogP contribution is -2.42. The topological polar surface area (TPSA) is 101 Å². The first-order valence-electron chi connectivity index (χ1n) is 11.6. The number of nitriles is 1. The van der Waals surface area contributed by atoms with E-state index in [0.29, 0.717) is 0 Å². The highest BCUT2D eigenvalue weighted by molar-refractivity contribution is 7.07. The van der Waals surface area contributed by atoms with Crippen molar-refractivity contribution in [3.63, 3.8) is 0 Å². The second kappa shape index (κ2) is 10.3. The molecule has 1 aromatic heterocycles. The molecular weight excluding hydrogens is 506 g/mol. The van der Waals surface area contributed by atoms with Crippen molar-refractivity contribution in [3.8, 4) is 6.07 Å². The summed E-state index contributed by atoms with van der Waals surface area (Å²) in [5.41, 5.74) is 6.65. The maximum atomic E-state index is 15.1. The predicted molar refractivity (Wildman–Crippen MR) is 142 cm³/mol. The zero-order valence-corrected chi connectivity index (χ0v) is 20.6. The van der Waals surface area contributed by atoms with Crippen LogP contribution in [0.2, 0.25) is 0 Å². The number of hydrogen-bond donors (Lipinski definition) is 2. The van der Waals surface area contributed by atoms with Gasteiger partial charge in [-0.1, -0.05) is 66.7 Å². The van der Waals surface area contributed by atoms with E-state index in [1.54, 1.807) is 12.1 Å². The average molecular weight is 527 g/mol. The first-order valence-corrected chi connectivity index (χ1v) is 12.4. The molecule has 1 aliphatic heterocycles. The fraction of sp³-hybridized carbons (Fsp3) is 0.0690. The van der Waals surface area contributed by atoms with Gasteiger partial charge in [0.15, 0.2) is 0 Å². The molecule has 1 aliphatic rings. The average Bonchev–Trinajstić information content (AvgIpc) is 3.25. The van der Waals surface area contributed by atoms with Crippen LogP contribution in [0, 0.1) is 23.0 Å². The van der Waals surface area contributed by atoms with Gasteiger partial charge in [-0.15, -0.1) is 11.3 Å². The van der Waals surface area contributed by atoms with Crippen molar-refractivity contribution in [1.29, 1.82) is 5.26 Å². The first kappa shape index (κ1) is 24.9. The van der Waals surface area contributed by atoms with Crippen LogP contribution in [0.3, 0.4) is 0 Å². The second-order valence-electron chi connectivity index (χ2n) is 8.53. The zero-order chi connectivity index (χ0) is 26.8. The number of hydrogen-bond acceptors (Lipinski definition) is 5. The van der Waals surface area contributed by atoms with Crippen molar-refractivity contribution >= 4 is 34.7 Å². The Morgan fingerprint density at radius 1 is 1.03 bits per heavy atom. The van der Waals surface area contributed by atoms with Gasteiger partial charge in [-0.3, -0.25) is 14.2 Å². The molecule has 9 heteroatoms. The van der Waals surface area contributed by atoms with Gasteiger partial charge < -0.3 is 11.1 Å². The molecule has 0 radical (unpaired) electrons. The van der Waals surface area contributed by atoms with Crippen LogP contribution < -0.4 is 25.8 Å². The molecule has 0 aliphatic carbocycles.